The molecule has 0 unspecified atom stereocenters. The molecule has 0 spiro atoms. The lowest BCUT2D eigenvalue weighted by Gasteiger charge is -2.12. The molecule has 0 saturated heterocycles. The smallest absolute Gasteiger partial charge is 0.294 e. The number of hydrogen-bond donors (Lipinski definition) is 5. The second kappa shape index (κ2) is 15.6. The van der Waals surface area contributed by atoms with Crippen LogP contribution in [0, 0.1) is 0 Å². The average Bonchev–Trinajstić information content (AvgIpc) is 2.91. The molecule has 5 N–H and O–H groups in total. The van der Waals surface area contributed by atoms with Gasteiger partial charge in [-0.1, -0.05) is 64.7 Å². The molecule has 0 aliphatic carbocycles. The molecule has 41 heavy (non-hydrogen) atoms. The maximum atomic E-state index is 11.3. The van der Waals surface area contributed by atoms with Gasteiger partial charge in [0.05, 0.1) is 9.79 Å². The first-order valence-electron chi connectivity index (χ1n) is 13.7. The second-order valence-corrected chi connectivity index (χ2v) is 12.5. The summed E-state index contributed by atoms with van der Waals surface area (Å²) in [6.45, 7) is 2.88. The molecule has 0 bridgehead atoms. The Morgan fingerprint density at radius 3 is 1.32 bits per heavy atom. The van der Waals surface area contributed by atoms with Gasteiger partial charge in [0.25, 0.3) is 20.2 Å². The first-order valence-corrected chi connectivity index (χ1v) is 16.6. The van der Waals surface area contributed by atoms with Gasteiger partial charge in [0, 0.05) is 17.9 Å². The molecule has 0 amide bonds. The average molecular weight is 607 g/mol. The number of nitrogens with zero attached hydrogens (tertiary/aromatic N) is 3. The van der Waals surface area contributed by atoms with Crippen molar-refractivity contribution in [3.63, 3.8) is 0 Å². The van der Waals surface area contributed by atoms with Gasteiger partial charge in [-0.3, -0.25) is 9.11 Å². The lowest BCUT2D eigenvalue weighted by atomic mass is 10.1. The molecule has 2 aromatic carbocycles. The van der Waals surface area contributed by atoms with E-state index in [4.69, 9.17) is 0 Å². The molecule has 0 fully saturated rings. The minimum Gasteiger partial charge on any atom is -0.354 e. The van der Waals surface area contributed by atoms with E-state index < -0.39 is 20.2 Å². The van der Waals surface area contributed by atoms with Crippen LogP contribution < -0.4 is 16.0 Å². The van der Waals surface area contributed by atoms with E-state index in [0.29, 0.717) is 23.9 Å². The van der Waals surface area contributed by atoms with Crippen molar-refractivity contribution in [2.75, 3.05) is 22.5 Å². The molecular formula is C27H38N6O6S2. The van der Waals surface area contributed by atoms with Crippen LogP contribution in [0.2, 0.25) is 0 Å². The van der Waals surface area contributed by atoms with E-state index in [-0.39, 0.29) is 21.7 Å². The summed E-state index contributed by atoms with van der Waals surface area (Å²) in [5.41, 5.74) is 0.959. The minimum atomic E-state index is -4.32. The molecule has 0 atom stereocenters. The van der Waals surface area contributed by atoms with Crippen LogP contribution in [0.1, 0.15) is 71.1 Å². The van der Waals surface area contributed by atoms with E-state index in [2.05, 4.69) is 37.8 Å². The van der Waals surface area contributed by atoms with Crippen LogP contribution in [0.4, 0.5) is 29.2 Å². The highest BCUT2D eigenvalue weighted by Crippen LogP contribution is 2.21. The molecular weight excluding hydrogens is 568 g/mol. The van der Waals surface area contributed by atoms with Gasteiger partial charge >= 0.3 is 0 Å². The fourth-order valence-corrected chi connectivity index (χ4v) is 5.02. The third kappa shape index (κ3) is 11.6. The van der Waals surface area contributed by atoms with Crippen LogP contribution in [0.5, 0.6) is 0 Å². The van der Waals surface area contributed by atoms with Crippen LogP contribution in [0.3, 0.4) is 0 Å². The number of rotatable bonds is 18. The van der Waals surface area contributed by atoms with Gasteiger partial charge in [-0.15, -0.1) is 0 Å². The molecule has 0 aliphatic heterocycles. The maximum absolute atomic E-state index is 11.3. The standard InChI is InChI=1S/C27H38N6O6S2/c1-2-3-4-5-6-7-8-9-10-11-20-28-25-31-26(29-21-12-16-23(17-13-21)40(34,35)36)33-27(32-25)30-22-14-18-24(19-15-22)41(37,38)39/h12-19H,2-11,20H2,1H3,(H,34,35,36)(H,37,38,39)(H3,28,29,30,31,32,33). The normalized spacial score (nSPS) is 11.8. The van der Waals surface area contributed by atoms with Crippen molar-refractivity contribution in [3.8, 4) is 0 Å². The Morgan fingerprint density at radius 2 is 0.927 bits per heavy atom. The summed E-state index contributed by atoms with van der Waals surface area (Å²) in [6, 6.07) is 10.8. The maximum Gasteiger partial charge on any atom is 0.294 e. The Kier molecular flexibility index (Phi) is 12.3. The number of benzene rings is 2. The first kappa shape index (κ1) is 32.2. The fraction of sp³-hybridized carbons (Fsp3) is 0.444. The number of anilines is 5. The monoisotopic (exact) mass is 606 g/mol. The molecule has 0 aliphatic rings. The molecule has 14 heteroatoms. The summed E-state index contributed by atoms with van der Waals surface area (Å²) in [7, 11) is -8.64. The van der Waals surface area contributed by atoms with Crippen molar-refractivity contribution < 1.29 is 25.9 Å². The zero-order valence-corrected chi connectivity index (χ0v) is 24.7. The molecule has 224 valence electrons. The highest BCUT2D eigenvalue weighted by Gasteiger charge is 2.12. The van der Waals surface area contributed by atoms with Gasteiger partial charge in [-0.25, -0.2) is 0 Å². The highest BCUT2D eigenvalue weighted by atomic mass is 32.2. The highest BCUT2D eigenvalue weighted by molar-refractivity contribution is 7.86. The van der Waals surface area contributed by atoms with Crippen molar-refractivity contribution in [1.29, 1.82) is 0 Å². The van der Waals surface area contributed by atoms with E-state index in [0.717, 1.165) is 12.8 Å². The summed E-state index contributed by atoms with van der Waals surface area (Å²) in [6.07, 6.45) is 12.2. The number of aromatic nitrogens is 3. The van der Waals surface area contributed by atoms with Crippen molar-refractivity contribution in [2.24, 2.45) is 0 Å². The lowest BCUT2D eigenvalue weighted by Crippen LogP contribution is -2.10. The van der Waals surface area contributed by atoms with E-state index in [1.807, 2.05) is 0 Å². The van der Waals surface area contributed by atoms with Gasteiger partial charge in [0.15, 0.2) is 0 Å². The van der Waals surface area contributed by atoms with Crippen molar-refractivity contribution in [2.45, 2.75) is 80.9 Å². The van der Waals surface area contributed by atoms with Gasteiger partial charge in [0.2, 0.25) is 17.8 Å². The van der Waals surface area contributed by atoms with Crippen LogP contribution in [0.15, 0.2) is 58.3 Å². The van der Waals surface area contributed by atoms with Crippen LogP contribution in [-0.2, 0) is 20.2 Å². The van der Waals surface area contributed by atoms with E-state index in [1.54, 1.807) is 0 Å². The van der Waals surface area contributed by atoms with E-state index >= 15 is 0 Å². The zero-order valence-electron chi connectivity index (χ0n) is 23.1. The second-order valence-electron chi connectivity index (χ2n) is 9.66. The van der Waals surface area contributed by atoms with Gasteiger partial charge < -0.3 is 16.0 Å². The SMILES string of the molecule is CCCCCCCCCCCCNc1nc(Nc2ccc(S(=O)(=O)O)cc2)nc(Nc2ccc(S(=O)(=O)O)cc2)n1. The Hall–Kier alpha value is -3.33. The molecule has 1 heterocycles. The topological polar surface area (TPSA) is 184 Å². The molecule has 0 radical (unpaired) electrons. The number of unbranched alkanes of at least 4 members (excludes halogenated alkanes) is 9. The minimum absolute atomic E-state index is 0.169. The first-order chi connectivity index (χ1) is 19.5. The lowest BCUT2D eigenvalue weighted by molar-refractivity contribution is 0.481. The third-order valence-electron chi connectivity index (χ3n) is 6.27. The molecule has 3 aromatic rings. The van der Waals surface area contributed by atoms with Crippen LogP contribution in [0.25, 0.3) is 0 Å². The van der Waals surface area contributed by atoms with Crippen molar-refractivity contribution >= 4 is 49.5 Å². The summed E-state index contributed by atoms with van der Waals surface area (Å²) < 4.78 is 63.7. The van der Waals surface area contributed by atoms with Crippen LogP contribution in [-0.4, -0.2) is 47.4 Å². The van der Waals surface area contributed by atoms with Crippen molar-refractivity contribution in [3.05, 3.63) is 48.5 Å². The summed E-state index contributed by atoms with van der Waals surface area (Å²) in [5.74, 6) is 0.648. The Morgan fingerprint density at radius 1 is 0.561 bits per heavy atom. The Labute approximate surface area is 241 Å². The third-order valence-corrected chi connectivity index (χ3v) is 8.00. The van der Waals surface area contributed by atoms with Gasteiger partial charge in [0.1, 0.15) is 0 Å². The molecule has 12 nitrogen and oxygen atoms in total. The van der Waals surface area contributed by atoms with Crippen LogP contribution >= 0.6 is 0 Å². The summed E-state index contributed by atoms with van der Waals surface area (Å²) in [4.78, 5) is 12.7. The molecule has 0 saturated carbocycles. The predicted octanol–water partition coefficient (Wildman–Crippen LogP) is 6.19. The van der Waals surface area contributed by atoms with E-state index in [1.165, 1.54) is 99.9 Å². The number of nitrogens with one attached hydrogen (secondary N) is 3. The molecule has 1 aromatic heterocycles. The Bertz CT molecular complexity index is 1350. The quantitative estimate of drug-likeness (QED) is 0.0819. The van der Waals surface area contributed by atoms with E-state index in [9.17, 15) is 25.9 Å². The largest absolute Gasteiger partial charge is 0.354 e. The molecule has 3 rings (SSSR count). The van der Waals surface area contributed by atoms with Gasteiger partial charge in [-0.05, 0) is 55.0 Å². The van der Waals surface area contributed by atoms with Crippen molar-refractivity contribution in [1.82, 2.24) is 15.0 Å². The van der Waals surface area contributed by atoms with Gasteiger partial charge in [-0.2, -0.15) is 31.8 Å². The predicted molar refractivity (Wildman–Crippen MR) is 159 cm³/mol. The summed E-state index contributed by atoms with van der Waals surface area (Å²) in [5, 5.41) is 9.19. The Balaban J connectivity index is 1.63. The fourth-order valence-electron chi connectivity index (χ4n) is 4.06. The zero-order chi connectivity index (χ0) is 29.7. The summed E-state index contributed by atoms with van der Waals surface area (Å²) >= 11 is 0. The number of hydrogen-bond acceptors (Lipinski definition) is 10.